The number of fused-ring (bicyclic) bond motifs is 9. The van der Waals surface area contributed by atoms with E-state index >= 15 is 0 Å². The number of aryl methyl sites for hydroxylation is 4. The highest BCUT2D eigenvalue weighted by atomic mass is 15.2. The Bertz CT molecular complexity index is 4060. The van der Waals surface area contributed by atoms with Gasteiger partial charge in [-0.2, -0.15) is 0 Å². The Labute approximate surface area is 441 Å². The first-order valence-electron chi connectivity index (χ1n) is 27.4. The van der Waals surface area contributed by atoms with Crippen molar-refractivity contribution in [3.63, 3.8) is 0 Å². The fourth-order valence-corrected chi connectivity index (χ4v) is 13.8. The van der Waals surface area contributed by atoms with Crippen LogP contribution in [0.1, 0.15) is 78.5 Å². The molecule has 0 bridgehead atoms. The summed E-state index contributed by atoms with van der Waals surface area (Å²) in [6, 6.07) is 74.8. The van der Waals surface area contributed by atoms with E-state index in [0.29, 0.717) is 0 Å². The third-order valence-corrected chi connectivity index (χ3v) is 17.5. The molecule has 2 heterocycles. The summed E-state index contributed by atoms with van der Waals surface area (Å²) in [6.07, 6.45) is 17.9. The first-order valence-corrected chi connectivity index (χ1v) is 27.4. The molecule has 2 aliphatic heterocycles. The number of anilines is 5. The third kappa shape index (κ3) is 7.06. The molecule has 360 valence electrons. The van der Waals surface area contributed by atoms with Gasteiger partial charge in [-0.05, 0) is 223 Å². The van der Waals surface area contributed by atoms with Gasteiger partial charge in [-0.3, -0.25) is 0 Å². The lowest BCUT2D eigenvalue weighted by molar-refractivity contribution is 0.661. The van der Waals surface area contributed by atoms with Gasteiger partial charge in [0.25, 0.3) is 0 Å². The van der Waals surface area contributed by atoms with Crippen LogP contribution < -0.4 is 9.80 Å². The van der Waals surface area contributed by atoms with Crippen molar-refractivity contribution in [3.05, 3.63) is 263 Å². The Morgan fingerprint density at radius 2 is 0.880 bits per heavy atom. The molecule has 2 nitrogen and oxygen atoms in total. The fourth-order valence-electron chi connectivity index (χ4n) is 13.8. The molecule has 0 spiro atoms. The Kier molecular flexibility index (Phi) is 10.2. The number of allylic oxidation sites excluding steroid dienone is 4. The SMILES string of the molecule is CC1(C)c2cc(-c3ccccc3)ccc2-c2ccc(-c3c4ccc(N5C6=C(CCC=C6)CCc6ccccc65)cc4c(-c4ccc5c(c4)CCC=C5)c4ccc(N5c6ccccc6CCc6ccccc65)cc34)cc21. The molecule has 2 heteroatoms. The summed E-state index contributed by atoms with van der Waals surface area (Å²) in [5.74, 6) is 0. The minimum atomic E-state index is -0.217. The summed E-state index contributed by atoms with van der Waals surface area (Å²) in [5.41, 5.74) is 28.8. The van der Waals surface area contributed by atoms with E-state index in [1.807, 2.05) is 0 Å². The summed E-state index contributed by atoms with van der Waals surface area (Å²) in [5, 5.41) is 5.08. The first kappa shape index (κ1) is 44.1. The Morgan fingerprint density at radius 1 is 0.360 bits per heavy atom. The zero-order valence-electron chi connectivity index (χ0n) is 42.8. The predicted molar refractivity (Wildman–Crippen MR) is 317 cm³/mol. The van der Waals surface area contributed by atoms with Crippen molar-refractivity contribution in [2.75, 3.05) is 9.80 Å². The largest absolute Gasteiger partial charge is 0.310 e. The molecule has 0 unspecified atom stereocenters. The molecular formula is C73H58N2. The van der Waals surface area contributed by atoms with Gasteiger partial charge in [-0.25, -0.2) is 0 Å². The molecule has 10 aromatic rings. The number of benzene rings is 10. The zero-order valence-corrected chi connectivity index (χ0v) is 42.8. The molecule has 0 aromatic heterocycles. The predicted octanol–water partition coefficient (Wildman–Crippen LogP) is 19.5. The monoisotopic (exact) mass is 962 g/mol. The van der Waals surface area contributed by atoms with Crippen LogP contribution in [0.15, 0.2) is 224 Å². The normalized spacial score (nSPS) is 15.9. The first-order chi connectivity index (χ1) is 36.9. The molecule has 3 aliphatic carbocycles. The zero-order chi connectivity index (χ0) is 49.8. The fraction of sp³-hybridized carbons (Fsp3) is 0.151. The van der Waals surface area contributed by atoms with E-state index in [9.17, 15) is 0 Å². The highest BCUT2D eigenvalue weighted by Gasteiger charge is 2.37. The quantitative estimate of drug-likeness (QED) is 0.159. The summed E-state index contributed by atoms with van der Waals surface area (Å²) < 4.78 is 0. The van der Waals surface area contributed by atoms with E-state index in [1.54, 1.807) is 5.57 Å². The highest BCUT2D eigenvalue weighted by molar-refractivity contribution is 6.23. The molecule has 5 aliphatic rings. The molecule has 0 N–H and O–H groups in total. The lowest BCUT2D eigenvalue weighted by atomic mass is 9.79. The topological polar surface area (TPSA) is 6.48 Å². The van der Waals surface area contributed by atoms with Crippen molar-refractivity contribution in [1.29, 1.82) is 0 Å². The highest BCUT2D eigenvalue weighted by Crippen LogP contribution is 2.54. The second-order valence-corrected chi connectivity index (χ2v) is 22.1. The van der Waals surface area contributed by atoms with E-state index in [0.717, 1.165) is 51.4 Å². The van der Waals surface area contributed by atoms with Crippen LogP contribution in [0.3, 0.4) is 0 Å². The molecule has 0 saturated heterocycles. The van der Waals surface area contributed by atoms with E-state index in [-0.39, 0.29) is 5.41 Å². The van der Waals surface area contributed by atoms with E-state index in [1.165, 1.54) is 139 Å². The van der Waals surface area contributed by atoms with E-state index in [4.69, 9.17) is 0 Å². The Balaban J connectivity index is 1.03. The number of nitrogens with zero attached hydrogens (tertiary/aromatic N) is 2. The van der Waals surface area contributed by atoms with Gasteiger partial charge in [0.1, 0.15) is 0 Å². The Hall–Kier alpha value is -8.46. The van der Waals surface area contributed by atoms with Crippen LogP contribution in [0, 0.1) is 0 Å². The summed E-state index contributed by atoms with van der Waals surface area (Å²) in [7, 11) is 0. The maximum absolute atomic E-state index is 2.59. The maximum atomic E-state index is 2.59. The molecule has 0 saturated carbocycles. The van der Waals surface area contributed by atoms with Gasteiger partial charge < -0.3 is 9.80 Å². The summed E-state index contributed by atoms with van der Waals surface area (Å²) in [4.78, 5) is 5.14. The van der Waals surface area contributed by atoms with Gasteiger partial charge in [0.15, 0.2) is 0 Å². The van der Waals surface area contributed by atoms with Gasteiger partial charge in [-0.15, -0.1) is 0 Å². The second-order valence-electron chi connectivity index (χ2n) is 22.1. The molecule has 0 radical (unpaired) electrons. The summed E-state index contributed by atoms with van der Waals surface area (Å²) >= 11 is 0. The number of hydrogen-bond acceptors (Lipinski definition) is 2. The van der Waals surface area contributed by atoms with Crippen molar-refractivity contribution < 1.29 is 0 Å². The second kappa shape index (κ2) is 17.3. The van der Waals surface area contributed by atoms with Crippen molar-refractivity contribution in [3.8, 4) is 44.5 Å². The average Bonchev–Trinajstić information content (AvgIpc) is 3.58. The van der Waals surface area contributed by atoms with Crippen LogP contribution in [0.5, 0.6) is 0 Å². The molecule has 15 rings (SSSR count). The van der Waals surface area contributed by atoms with Crippen LogP contribution in [0.4, 0.5) is 28.4 Å². The minimum absolute atomic E-state index is 0.217. The smallest absolute Gasteiger partial charge is 0.0493 e. The van der Waals surface area contributed by atoms with Crippen LogP contribution in [0.2, 0.25) is 0 Å². The van der Waals surface area contributed by atoms with Crippen molar-refractivity contribution >= 4 is 56.1 Å². The molecule has 0 atom stereocenters. The van der Waals surface area contributed by atoms with Gasteiger partial charge in [0.05, 0.1) is 0 Å². The number of rotatable bonds is 5. The van der Waals surface area contributed by atoms with Gasteiger partial charge in [0, 0.05) is 39.5 Å². The number of hydrogen-bond donors (Lipinski definition) is 0. The lowest BCUT2D eigenvalue weighted by Gasteiger charge is -2.31. The molecular weight excluding hydrogens is 905 g/mol. The van der Waals surface area contributed by atoms with Crippen LogP contribution in [0.25, 0.3) is 72.1 Å². The minimum Gasteiger partial charge on any atom is -0.310 e. The molecule has 10 aromatic carbocycles. The van der Waals surface area contributed by atoms with E-state index in [2.05, 4.69) is 242 Å². The van der Waals surface area contributed by atoms with Gasteiger partial charge in [-0.1, -0.05) is 172 Å². The lowest BCUT2D eigenvalue weighted by Crippen LogP contribution is -2.18. The van der Waals surface area contributed by atoms with Gasteiger partial charge >= 0.3 is 0 Å². The number of para-hydroxylation sites is 3. The van der Waals surface area contributed by atoms with Crippen molar-refractivity contribution in [2.45, 2.75) is 70.6 Å². The van der Waals surface area contributed by atoms with Gasteiger partial charge in [0.2, 0.25) is 0 Å². The van der Waals surface area contributed by atoms with Crippen molar-refractivity contribution in [1.82, 2.24) is 0 Å². The third-order valence-electron chi connectivity index (χ3n) is 17.5. The van der Waals surface area contributed by atoms with Crippen LogP contribution in [-0.2, 0) is 31.1 Å². The average molecular weight is 963 g/mol. The van der Waals surface area contributed by atoms with Crippen molar-refractivity contribution in [2.24, 2.45) is 0 Å². The van der Waals surface area contributed by atoms with Crippen LogP contribution >= 0.6 is 0 Å². The van der Waals surface area contributed by atoms with Crippen LogP contribution in [-0.4, -0.2) is 0 Å². The van der Waals surface area contributed by atoms with E-state index < -0.39 is 0 Å². The standard InChI is InChI=1S/C73H58N2/c1-73(2)65-43-54(47-16-4-3-5-17-47)34-38-59(65)60-39-35-56(44-66(60)73)72-62-41-37-57(74-67-24-12-8-19-49(67)29-30-50-20-9-13-25-68(50)74)45-63(62)71(55-33-28-48-18-6-7-23-53(48)42-55)61-40-36-58(46-64(61)72)75-69-26-14-10-21-51(69)31-32-52-22-11-15-27-70(52)75/h3-6,8,10-19,21-22,24-28,33-46H,7,9,20,23,29-32H2,1-2H3. The maximum Gasteiger partial charge on any atom is 0.0493 e. The molecule has 0 amide bonds. The Morgan fingerprint density at radius 3 is 1.55 bits per heavy atom. The molecule has 75 heavy (non-hydrogen) atoms. The summed E-state index contributed by atoms with van der Waals surface area (Å²) in [6.45, 7) is 4.86. The molecule has 0 fully saturated rings.